The molecule has 0 radical (unpaired) electrons. The van der Waals surface area contributed by atoms with Crippen molar-refractivity contribution in [3.63, 3.8) is 0 Å². The summed E-state index contributed by atoms with van der Waals surface area (Å²) in [6.45, 7) is 0. The average molecular weight is 196 g/mol. The van der Waals surface area contributed by atoms with Crippen molar-refractivity contribution in [3.05, 3.63) is 0 Å². The van der Waals surface area contributed by atoms with Crippen LogP contribution in [0.15, 0.2) is 0 Å². The lowest BCUT2D eigenvalue weighted by Crippen LogP contribution is -2.36. The van der Waals surface area contributed by atoms with Gasteiger partial charge in [-0.25, -0.2) is 0 Å². The molecular formula is C11H16O3. The minimum absolute atomic E-state index is 0.405. The van der Waals surface area contributed by atoms with Crippen LogP contribution >= 0.6 is 0 Å². The SMILES string of the molecule is O=CC1CCCCCCC1(C=O)C=O. The smallest absolute Gasteiger partial charge is 0.133 e. The van der Waals surface area contributed by atoms with E-state index in [9.17, 15) is 14.4 Å². The largest absolute Gasteiger partial charge is 0.303 e. The third-order valence-corrected chi connectivity index (χ3v) is 3.17. The molecule has 3 heteroatoms. The van der Waals surface area contributed by atoms with E-state index in [0.717, 1.165) is 32.0 Å². The van der Waals surface area contributed by atoms with E-state index in [1.54, 1.807) is 0 Å². The number of rotatable bonds is 3. The van der Waals surface area contributed by atoms with E-state index < -0.39 is 11.3 Å². The lowest BCUT2D eigenvalue weighted by molar-refractivity contribution is -0.135. The molecule has 0 N–H and O–H groups in total. The monoisotopic (exact) mass is 196 g/mol. The van der Waals surface area contributed by atoms with Gasteiger partial charge in [0.15, 0.2) is 0 Å². The zero-order valence-electron chi connectivity index (χ0n) is 8.28. The summed E-state index contributed by atoms with van der Waals surface area (Å²) < 4.78 is 0. The Hall–Kier alpha value is -0.990. The lowest BCUT2D eigenvalue weighted by atomic mass is 9.71. The van der Waals surface area contributed by atoms with Crippen LogP contribution in [0.5, 0.6) is 0 Å². The third kappa shape index (κ3) is 2.08. The predicted molar refractivity (Wildman–Crippen MR) is 51.8 cm³/mol. The summed E-state index contributed by atoms with van der Waals surface area (Å²) in [6.07, 6.45) is 7.26. The van der Waals surface area contributed by atoms with Gasteiger partial charge in [0.25, 0.3) is 0 Å². The second-order valence-corrected chi connectivity index (χ2v) is 4.04. The first-order valence-electron chi connectivity index (χ1n) is 5.17. The van der Waals surface area contributed by atoms with E-state index in [1.807, 2.05) is 0 Å². The van der Waals surface area contributed by atoms with Gasteiger partial charge in [-0.2, -0.15) is 0 Å². The van der Waals surface area contributed by atoms with Gasteiger partial charge in [0.1, 0.15) is 18.9 Å². The van der Waals surface area contributed by atoms with Crippen molar-refractivity contribution in [2.75, 3.05) is 0 Å². The number of hydrogen-bond acceptors (Lipinski definition) is 3. The first-order valence-corrected chi connectivity index (χ1v) is 5.17. The van der Waals surface area contributed by atoms with Crippen molar-refractivity contribution in [1.29, 1.82) is 0 Å². The van der Waals surface area contributed by atoms with Crippen molar-refractivity contribution < 1.29 is 14.4 Å². The van der Waals surface area contributed by atoms with Crippen LogP contribution in [0.2, 0.25) is 0 Å². The Balaban J connectivity index is 2.86. The van der Waals surface area contributed by atoms with Crippen molar-refractivity contribution in [2.24, 2.45) is 11.3 Å². The summed E-state index contributed by atoms with van der Waals surface area (Å²) in [5.74, 6) is -0.405. The van der Waals surface area contributed by atoms with E-state index >= 15 is 0 Å². The van der Waals surface area contributed by atoms with Gasteiger partial charge in [0, 0.05) is 5.92 Å². The maximum Gasteiger partial charge on any atom is 0.133 e. The van der Waals surface area contributed by atoms with Crippen molar-refractivity contribution in [2.45, 2.75) is 38.5 Å². The summed E-state index contributed by atoms with van der Waals surface area (Å²) in [5.41, 5.74) is -1.03. The van der Waals surface area contributed by atoms with Gasteiger partial charge < -0.3 is 14.4 Å². The van der Waals surface area contributed by atoms with Crippen LogP contribution < -0.4 is 0 Å². The summed E-state index contributed by atoms with van der Waals surface area (Å²) in [6, 6.07) is 0. The van der Waals surface area contributed by atoms with Crippen molar-refractivity contribution >= 4 is 18.9 Å². The molecular weight excluding hydrogens is 180 g/mol. The van der Waals surface area contributed by atoms with Crippen LogP contribution in [-0.4, -0.2) is 18.9 Å². The highest BCUT2D eigenvalue weighted by molar-refractivity contribution is 5.88. The number of aldehydes is 3. The minimum atomic E-state index is -1.03. The van der Waals surface area contributed by atoms with Crippen LogP contribution in [0.1, 0.15) is 38.5 Å². The maximum atomic E-state index is 11.0. The Bertz CT molecular complexity index is 215. The normalized spacial score (nSPS) is 27.0. The van der Waals surface area contributed by atoms with Gasteiger partial charge in [-0.1, -0.05) is 25.7 Å². The summed E-state index contributed by atoms with van der Waals surface area (Å²) in [5, 5.41) is 0. The molecule has 14 heavy (non-hydrogen) atoms. The topological polar surface area (TPSA) is 51.2 Å². The first-order chi connectivity index (χ1) is 6.79. The quantitative estimate of drug-likeness (QED) is 0.508. The molecule has 0 amide bonds. The van der Waals surface area contributed by atoms with Crippen molar-refractivity contribution in [3.8, 4) is 0 Å². The van der Waals surface area contributed by atoms with Gasteiger partial charge in [0.05, 0.1) is 5.41 Å². The third-order valence-electron chi connectivity index (χ3n) is 3.17. The van der Waals surface area contributed by atoms with E-state index in [2.05, 4.69) is 0 Å². The number of hydrogen-bond donors (Lipinski definition) is 0. The van der Waals surface area contributed by atoms with Gasteiger partial charge >= 0.3 is 0 Å². The first kappa shape index (κ1) is 11.1. The van der Waals surface area contributed by atoms with Gasteiger partial charge in [0.2, 0.25) is 0 Å². The maximum absolute atomic E-state index is 11.0. The molecule has 1 rings (SSSR count). The summed E-state index contributed by atoms with van der Waals surface area (Å²) >= 11 is 0. The highest BCUT2D eigenvalue weighted by Gasteiger charge is 2.38. The zero-order chi connectivity index (χ0) is 10.4. The molecule has 0 aliphatic heterocycles. The second kappa shape index (κ2) is 5.03. The van der Waals surface area contributed by atoms with Gasteiger partial charge in [-0.3, -0.25) is 0 Å². The highest BCUT2D eigenvalue weighted by atomic mass is 16.1. The van der Waals surface area contributed by atoms with E-state index in [-0.39, 0.29) is 0 Å². The van der Waals surface area contributed by atoms with E-state index in [1.165, 1.54) is 0 Å². The Morgan fingerprint density at radius 1 is 0.929 bits per heavy atom. The fourth-order valence-corrected chi connectivity index (χ4v) is 2.12. The fraction of sp³-hybridized carbons (Fsp3) is 0.727. The lowest BCUT2D eigenvalue weighted by Gasteiger charge is -2.29. The molecule has 0 heterocycles. The fourth-order valence-electron chi connectivity index (χ4n) is 2.12. The Labute approximate surface area is 83.9 Å². The molecule has 78 valence electrons. The molecule has 0 aromatic rings. The molecule has 1 unspecified atom stereocenters. The molecule has 0 aromatic carbocycles. The van der Waals surface area contributed by atoms with Crippen LogP contribution in [0.4, 0.5) is 0 Å². The summed E-state index contributed by atoms with van der Waals surface area (Å²) in [4.78, 5) is 32.8. The minimum Gasteiger partial charge on any atom is -0.303 e. The highest BCUT2D eigenvalue weighted by Crippen LogP contribution is 2.34. The van der Waals surface area contributed by atoms with Gasteiger partial charge in [-0.05, 0) is 12.8 Å². The molecule has 1 aliphatic carbocycles. The molecule has 1 saturated carbocycles. The Kier molecular flexibility index (Phi) is 3.98. The molecule has 0 spiro atoms. The van der Waals surface area contributed by atoms with E-state index in [0.29, 0.717) is 25.4 Å². The van der Waals surface area contributed by atoms with Crippen LogP contribution in [-0.2, 0) is 14.4 Å². The summed E-state index contributed by atoms with van der Waals surface area (Å²) in [7, 11) is 0. The molecule has 1 fully saturated rings. The van der Waals surface area contributed by atoms with Gasteiger partial charge in [-0.15, -0.1) is 0 Å². The molecule has 0 bridgehead atoms. The van der Waals surface area contributed by atoms with Crippen LogP contribution in [0, 0.1) is 11.3 Å². The molecule has 1 aliphatic rings. The Morgan fingerprint density at radius 2 is 1.57 bits per heavy atom. The van der Waals surface area contributed by atoms with E-state index in [4.69, 9.17) is 0 Å². The number of carbonyl (C=O) groups is 3. The average Bonchev–Trinajstić information content (AvgIpc) is 2.19. The van der Waals surface area contributed by atoms with Crippen LogP contribution in [0.3, 0.4) is 0 Å². The standard InChI is InChI=1S/C11H16O3/c12-7-10-5-3-1-2-4-6-11(10,8-13)9-14/h7-10H,1-6H2. The predicted octanol–water partition coefficient (Wildman–Crippen LogP) is 1.54. The Morgan fingerprint density at radius 3 is 2.14 bits per heavy atom. The van der Waals surface area contributed by atoms with Crippen LogP contribution in [0.25, 0.3) is 0 Å². The molecule has 0 aromatic heterocycles. The van der Waals surface area contributed by atoms with Crippen molar-refractivity contribution in [1.82, 2.24) is 0 Å². The molecule has 1 atom stereocenters. The molecule has 0 saturated heterocycles. The second-order valence-electron chi connectivity index (χ2n) is 4.04. The zero-order valence-corrected chi connectivity index (χ0v) is 8.28. The molecule has 3 nitrogen and oxygen atoms in total. The number of carbonyl (C=O) groups excluding carboxylic acids is 3.